The Morgan fingerprint density at radius 1 is 1.27 bits per heavy atom. The predicted molar refractivity (Wildman–Crippen MR) is 104 cm³/mol. The summed E-state index contributed by atoms with van der Waals surface area (Å²) in [6.07, 6.45) is 1.76. The van der Waals surface area contributed by atoms with Crippen molar-refractivity contribution < 1.29 is 9.13 Å². The molecular formula is C20H23FN4O. The lowest BCUT2D eigenvalue weighted by molar-refractivity contribution is 0.243. The molecular weight excluding hydrogens is 331 g/mol. The summed E-state index contributed by atoms with van der Waals surface area (Å²) in [6, 6.07) is 8.46. The van der Waals surface area contributed by atoms with Crippen LogP contribution >= 0.6 is 0 Å². The molecule has 0 unspecified atom stereocenters. The number of hydrogen-bond donors (Lipinski definition) is 1. The summed E-state index contributed by atoms with van der Waals surface area (Å²) < 4.78 is 21.4. The van der Waals surface area contributed by atoms with Gasteiger partial charge in [-0.3, -0.25) is 0 Å². The second kappa shape index (κ2) is 7.15. The molecule has 2 aromatic carbocycles. The van der Waals surface area contributed by atoms with Crippen molar-refractivity contribution in [3.63, 3.8) is 0 Å². The maximum atomic E-state index is 13.7. The van der Waals surface area contributed by atoms with E-state index in [1.54, 1.807) is 12.4 Å². The Kier molecular flexibility index (Phi) is 4.93. The summed E-state index contributed by atoms with van der Waals surface area (Å²) in [7, 11) is 1.95. The van der Waals surface area contributed by atoms with E-state index >= 15 is 0 Å². The number of amidine groups is 1. The number of aryl methyl sites for hydroxylation is 2. The van der Waals surface area contributed by atoms with Crippen LogP contribution in [0.3, 0.4) is 0 Å². The van der Waals surface area contributed by atoms with Gasteiger partial charge in [0.1, 0.15) is 22.9 Å². The van der Waals surface area contributed by atoms with E-state index in [4.69, 9.17) is 9.73 Å². The molecule has 26 heavy (non-hydrogen) atoms. The van der Waals surface area contributed by atoms with Crippen LogP contribution in [-0.4, -0.2) is 21.5 Å². The van der Waals surface area contributed by atoms with Gasteiger partial charge in [-0.05, 0) is 51.5 Å². The summed E-state index contributed by atoms with van der Waals surface area (Å²) in [6.45, 7) is 7.69. The molecule has 0 aliphatic rings. The molecule has 0 atom stereocenters. The van der Waals surface area contributed by atoms with Crippen LogP contribution < -0.4 is 10.1 Å². The molecule has 3 rings (SSSR count). The highest BCUT2D eigenvalue weighted by molar-refractivity contribution is 5.99. The maximum absolute atomic E-state index is 13.7. The van der Waals surface area contributed by atoms with Gasteiger partial charge in [-0.2, -0.15) is 0 Å². The van der Waals surface area contributed by atoms with Gasteiger partial charge in [0.25, 0.3) is 0 Å². The first kappa shape index (κ1) is 17.9. The van der Waals surface area contributed by atoms with E-state index in [0.717, 1.165) is 22.3 Å². The van der Waals surface area contributed by atoms with E-state index in [-0.39, 0.29) is 11.9 Å². The molecule has 5 nitrogen and oxygen atoms in total. The SMILES string of the molecule is CC(=Nc1c(C)ccc2c1ncn2C)Nc1cc(F)ccc1OC(C)C. The Labute approximate surface area is 152 Å². The van der Waals surface area contributed by atoms with Crippen LogP contribution in [0, 0.1) is 12.7 Å². The Balaban J connectivity index is 1.97. The van der Waals surface area contributed by atoms with Gasteiger partial charge in [0, 0.05) is 13.1 Å². The molecule has 0 fully saturated rings. The van der Waals surface area contributed by atoms with E-state index < -0.39 is 0 Å². The summed E-state index contributed by atoms with van der Waals surface area (Å²) in [4.78, 5) is 9.15. The van der Waals surface area contributed by atoms with Gasteiger partial charge in [-0.1, -0.05) is 6.07 Å². The molecule has 0 saturated carbocycles. The summed E-state index contributed by atoms with van der Waals surface area (Å²) in [5.74, 6) is 0.883. The van der Waals surface area contributed by atoms with E-state index in [0.29, 0.717) is 17.3 Å². The number of halogens is 1. The first-order chi connectivity index (χ1) is 12.3. The highest BCUT2D eigenvalue weighted by Crippen LogP contribution is 2.30. The zero-order valence-electron chi connectivity index (χ0n) is 15.7. The van der Waals surface area contributed by atoms with Crippen molar-refractivity contribution >= 4 is 28.2 Å². The third-order valence-corrected chi connectivity index (χ3v) is 3.97. The second-order valence-corrected chi connectivity index (χ2v) is 6.58. The van der Waals surface area contributed by atoms with Gasteiger partial charge < -0.3 is 14.6 Å². The third kappa shape index (κ3) is 3.69. The average Bonchev–Trinajstić information content (AvgIpc) is 2.94. The van der Waals surface area contributed by atoms with Crippen molar-refractivity contribution in [3.8, 4) is 5.75 Å². The van der Waals surface area contributed by atoms with Crippen molar-refractivity contribution in [2.45, 2.75) is 33.8 Å². The fourth-order valence-corrected chi connectivity index (χ4v) is 2.78. The van der Waals surface area contributed by atoms with E-state index in [1.165, 1.54) is 12.1 Å². The van der Waals surface area contributed by atoms with Crippen molar-refractivity contribution in [2.24, 2.45) is 12.0 Å². The monoisotopic (exact) mass is 354 g/mol. The fraction of sp³-hybridized carbons (Fsp3) is 0.300. The normalized spacial score (nSPS) is 12.0. The molecule has 0 spiro atoms. The van der Waals surface area contributed by atoms with Gasteiger partial charge in [-0.25, -0.2) is 14.4 Å². The zero-order valence-corrected chi connectivity index (χ0v) is 15.7. The van der Waals surface area contributed by atoms with E-state index in [1.807, 2.05) is 51.4 Å². The number of rotatable bonds is 4. The lowest BCUT2D eigenvalue weighted by atomic mass is 10.1. The van der Waals surface area contributed by atoms with Gasteiger partial charge in [0.05, 0.1) is 29.3 Å². The van der Waals surface area contributed by atoms with Crippen molar-refractivity contribution in [3.05, 3.63) is 48.0 Å². The quantitative estimate of drug-likeness (QED) is 0.531. The smallest absolute Gasteiger partial charge is 0.143 e. The Morgan fingerprint density at radius 2 is 2.04 bits per heavy atom. The highest BCUT2D eigenvalue weighted by atomic mass is 19.1. The van der Waals surface area contributed by atoms with Crippen molar-refractivity contribution in [2.75, 3.05) is 5.32 Å². The molecule has 0 bridgehead atoms. The van der Waals surface area contributed by atoms with Crippen LogP contribution in [-0.2, 0) is 7.05 Å². The number of aromatic nitrogens is 2. The molecule has 0 amide bonds. The topological polar surface area (TPSA) is 51.4 Å². The Hall–Kier alpha value is -2.89. The molecule has 0 radical (unpaired) electrons. The van der Waals surface area contributed by atoms with Crippen LogP contribution in [0.15, 0.2) is 41.7 Å². The van der Waals surface area contributed by atoms with Gasteiger partial charge in [0.15, 0.2) is 0 Å². The summed E-state index contributed by atoms with van der Waals surface area (Å²) >= 11 is 0. The van der Waals surface area contributed by atoms with Crippen LogP contribution in [0.25, 0.3) is 11.0 Å². The number of benzene rings is 2. The number of nitrogens with zero attached hydrogens (tertiary/aromatic N) is 3. The number of hydrogen-bond acceptors (Lipinski definition) is 3. The zero-order chi connectivity index (χ0) is 18.8. The highest BCUT2D eigenvalue weighted by Gasteiger charge is 2.11. The van der Waals surface area contributed by atoms with E-state index in [9.17, 15) is 4.39 Å². The number of aliphatic imine (C=N–C) groups is 1. The van der Waals surface area contributed by atoms with E-state index in [2.05, 4.69) is 10.3 Å². The number of ether oxygens (including phenoxy) is 1. The minimum absolute atomic E-state index is 0.0113. The first-order valence-corrected chi connectivity index (χ1v) is 8.54. The fourth-order valence-electron chi connectivity index (χ4n) is 2.78. The van der Waals surface area contributed by atoms with Crippen LogP contribution in [0.5, 0.6) is 5.75 Å². The van der Waals surface area contributed by atoms with Crippen molar-refractivity contribution in [1.29, 1.82) is 0 Å². The molecule has 0 aliphatic heterocycles. The minimum Gasteiger partial charge on any atom is -0.489 e. The van der Waals surface area contributed by atoms with Crippen molar-refractivity contribution in [1.82, 2.24) is 9.55 Å². The molecule has 1 N–H and O–H groups in total. The number of imidazole rings is 1. The molecule has 1 heterocycles. The number of nitrogens with one attached hydrogen (secondary N) is 1. The van der Waals surface area contributed by atoms with Gasteiger partial charge in [0.2, 0.25) is 0 Å². The minimum atomic E-state index is -0.334. The van der Waals surface area contributed by atoms with Crippen LogP contribution in [0.2, 0.25) is 0 Å². The summed E-state index contributed by atoms with van der Waals surface area (Å²) in [5.41, 5.74) is 4.22. The third-order valence-electron chi connectivity index (χ3n) is 3.97. The second-order valence-electron chi connectivity index (χ2n) is 6.58. The predicted octanol–water partition coefficient (Wildman–Crippen LogP) is 4.97. The van der Waals surface area contributed by atoms with Crippen LogP contribution in [0.4, 0.5) is 15.8 Å². The standard InChI is InChI=1S/C20H23FN4O/c1-12(2)26-18-9-7-15(21)10-16(18)23-14(4)24-19-13(3)6-8-17-20(19)22-11-25(17)5/h6-12H,1-5H3,(H,23,24). The summed E-state index contributed by atoms with van der Waals surface area (Å²) in [5, 5.41) is 3.15. The molecule has 0 saturated heterocycles. The Morgan fingerprint density at radius 3 is 2.77 bits per heavy atom. The lowest BCUT2D eigenvalue weighted by Crippen LogP contribution is -2.12. The first-order valence-electron chi connectivity index (χ1n) is 8.54. The van der Waals surface area contributed by atoms with Crippen LogP contribution in [0.1, 0.15) is 26.3 Å². The van der Waals surface area contributed by atoms with Gasteiger partial charge >= 0.3 is 0 Å². The van der Waals surface area contributed by atoms with Gasteiger partial charge in [-0.15, -0.1) is 0 Å². The Bertz CT molecular complexity index is 975. The lowest BCUT2D eigenvalue weighted by Gasteiger charge is -2.15. The molecule has 0 aliphatic carbocycles. The largest absolute Gasteiger partial charge is 0.489 e. The average molecular weight is 354 g/mol. The maximum Gasteiger partial charge on any atom is 0.143 e. The molecule has 3 aromatic rings. The number of fused-ring (bicyclic) bond motifs is 1. The number of anilines is 1. The molecule has 6 heteroatoms. The molecule has 136 valence electrons. The molecule has 1 aromatic heterocycles.